The summed E-state index contributed by atoms with van der Waals surface area (Å²) in [4.78, 5) is 37.8. The summed E-state index contributed by atoms with van der Waals surface area (Å²) in [5.74, 6) is -0.121. The Labute approximate surface area is 229 Å². The van der Waals surface area contributed by atoms with Crippen molar-refractivity contribution < 1.29 is 18.0 Å². The molecular weight excluding hydrogens is 516 g/mol. The molecule has 3 heterocycles. The maximum atomic E-state index is 13.3. The van der Waals surface area contributed by atoms with Gasteiger partial charge in [-0.25, -0.2) is 18.4 Å². The number of fused-ring (bicyclic) bond motifs is 1. The Morgan fingerprint density at radius 2 is 1.90 bits per heavy atom. The molecule has 39 heavy (non-hydrogen) atoms. The van der Waals surface area contributed by atoms with Gasteiger partial charge >= 0.3 is 0 Å². The Morgan fingerprint density at radius 3 is 2.67 bits per heavy atom. The number of piperidine rings is 1. The van der Waals surface area contributed by atoms with Crippen molar-refractivity contribution in [3.63, 3.8) is 0 Å². The monoisotopic (exact) mass is 552 g/mol. The summed E-state index contributed by atoms with van der Waals surface area (Å²) in [5, 5.41) is 5.54. The minimum atomic E-state index is -4.02. The first-order valence-electron chi connectivity index (χ1n) is 13.7. The van der Waals surface area contributed by atoms with E-state index in [2.05, 4.69) is 20.5 Å². The number of amides is 2. The summed E-state index contributed by atoms with van der Waals surface area (Å²) in [6, 6.07) is 4.93. The summed E-state index contributed by atoms with van der Waals surface area (Å²) < 4.78 is 27.6. The Morgan fingerprint density at radius 1 is 1.13 bits per heavy atom. The second-order valence-corrected chi connectivity index (χ2v) is 12.4. The third-order valence-corrected chi connectivity index (χ3v) is 9.50. The molecule has 208 valence electrons. The molecule has 0 bridgehead atoms. The van der Waals surface area contributed by atoms with E-state index in [1.807, 2.05) is 13.1 Å². The highest BCUT2D eigenvalue weighted by Crippen LogP contribution is 2.29. The van der Waals surface area contributed by atoms with Crippen LogP contribution in [-0.2, 0) is 32.5 Å². The predicted octanol–water partition coefficient (Wildman–Crippen LogP) is 2.36. The average Bonchev–Trinajstić information content (AvgIpc) is 2.94. The lowest BCUT2D eigenvalue weighted by Gasteiger charge is -2.32. The molecule has 1 unspecified atom stereocenters. The molecule has 1 saturated heterocycles. The number of sulfonamides is 1. The third kappa shape index (κ3) is 6.30. The predicted molar refractivity (Wildman–Crippen MR) is 146 cm³/mol. The Hall–Kier alpha value is -3.31. The summed E-state index contributed by atoms with van der Waals surface area (Å²) >= 11 is 0. The molecule has 2 aliphatic heterocycles. The van der Waals surface area contributed by atoms with E-state index in [1.165, 1.54) is 43.8 Å². The zero-order chi connectivity index (χ0) is 27.4. The lowest BCUT2D eigenvalue weighted by molar-refractivity contribution is -0.129. The molecule has 10 nitrogen and oxygen atoms in total. The standard InChI is InChI=1S/C28H36N6O4S/c1-20-8-10-21(11-9-20)39(37,38)34-17-13-29-28(36)25(34)18-27(35)32-24-7-5-6-23-22(24)19-30-26(31-23)12-16-33-14-3-2-4-15-33/h8-11,13,17,19,24-25H,2-7,12,14-16,18H2,1H3,(H,29,36)(H,32,35)/t24?,25-/m1/s1. The highest BCUT2D eigenvalue weighted by molar-refractivity contribution is 7.89. The highest BCUT2D eigenvalue weighted by Gasteiger charge is 2.37. The third-order valence-electron chi connectivity index (χ3n) is 7.70. The molecule has 1 aromatic heterocycles. The molecule has 0 spiro atoms. The van der Waals surface area contributed by atoms with E-state index in [-0.39, 0.29) is 17.4 Å². The number of likely N-dealkylation sites (tertiary alicyclic amines) is 1. The molecule has 11 heteroatoms. The number of carbonyl (C=O) groups is 2. The number of aromatic nitrogens is 2. The normalized spacial score (nSPS) is 21.8. The highest BCUT2D eigenvalue weighted by atomic mass is 32.2. The van der Waals surface area contributed by atoms with Crippen LogP contribution in [0.25, 0.3) is 0 Å². The van der Waals surface area contributed by atoms with Crippen LogP contribution in [0.15, 0.2) is 47.8 Å². The number of carbonyl (C=O) groups excluding carboxylic acids is 2. The molecule has 2 N–H and O–H groups in total. The first-order valence-corrected chi connectivity index (χ1v) is 15.2. The summed E-state index contributed by atoms with van der Waals surface area (Å²) in [6.07, 6.45) is 11.1. The van der Waals surface area contributed by atoms with E-state index in [0.717, 1.165) is 72.3 Å². The van der Waals surface area contributed by atoms with Crippen LogP contribution in [-0.4, -0.2) is 65.1 Å². The van der Waals surface area contributed by atoms with Crippen molar-refractivity contribution in [2.75, 3.05) is 19.6 Å². The minimum absolute atomic E-state index is 0.0623. The fraction of sp³-hybridized carbons (Fsp3) is 0.500. The minimum Gasteiger partial charge on any atom is -0.349 e. The molecule has 1 aromatic carbocycles. The summed E-state index contributed by atoms with van der Waals surface area (Å²) in [5.41, 5.74) is 2.77. The Balaban J connectivity index is 1.25. The molecule has 3 aliphatic rings. The van der Waals surface area contributed by atoms with Crippen LogP contribution in [0.3, 0.4) is 0 Å². The van der Waals surface area contributed by atoms with Crippen LogP contribution in [0.5, 0.6) is 0 Å². The molecule has 0 radical (unpaired) electrons. The molecule has 1 aliphatic carbocycles. The Kier molecular flexibility index (Phi) is 8.27. The van der Waals surface area contributed by atoms with E-state index in [0.29, 0.717) is 0 Å². The van der Waals surface area contributed by atoms with Gasteiger partial charge in [0.1, 0.15) is 11.9 Å². The van der Waals surface area contributed by atoms with Crippen molar-refractivity contribution in [3.8, 4) is 0 Å². The van der Waals surface area contributed by atoms with Gasteiger partial charge in [-0.3, -0.25) is 13.9 Å². The van der Waals surface area contributed by atoms with Gasteiger partial charge in [-0.2, -0.15) is 0 Å². The van der Waals surface area contributed by atoms with Crippen molar-refractivity contribution in [1.82, 2.24) is 29.8 Å². The van der Waals surface area contributed by atoms with Gasteiger partial charge in [0.15, 0.2) is 0 Å². The summed E-state index contributed by atoms with van der Waals surface area (Å²) in [7, 11) is -4.02. The van der Waals surface area contributed by atoms with Crippen LogP contribution >= 0.6 is 0 Å². The van der Waals surface area contributed by atoms with Crippen molar-refractivity contribution >= 4 is 21.8 Å². The van der Waals surface area contributed by atoms with Crippen molar-refractivity contribution in [2.24, 2.45) is 0 Å². The van der Waals surface area contributed by atoms with Crippen LogP contribution < -0.4 is 10.6 Å². The van der Waals surface area contributed by atoms with Gasteiger partial charge in [0.25, 0.3) is 10.0 Å². The first kappa shape index (κ1) is 27.3. The zero-order valence-electron chi connectivity index (χ0n) is 22.3. The molecule has 0 saturated carbocycles. The topological polar surface area (TPSA) is 125 Å². The molecule has 2 atom stereocenters. The first-order chi connectivity index (χ1) is 18.8. The molecule has 5 rings (SSSR count). The lowest BCUT2D eigenvalue weighted by Crippen LogP contribution is -2.51. The molecule has 1 fully saturated rings. The van der Waals surface area contributed by atoms with Crippen LogP contribution in [0.4, 0.5) is 0 Å². The number of benzene rings is 1. The Bertz CT molecular complexity index is 1340. The number of aryl methyl sites for hydroxylation is 2. The maximum absolute atomic E-state index is 13.3. The van der Waals surface area contributed by atoms with Gasteiger partial charge in [0.05, 0.1) is 17.4 Å². The maximum Gasteiger partial charge on any atom is 0.264 e. The molecule has 2 amide bonds. The second kappa shape index (κ2) is 11.8. The SMILES string of the molecule is Cc1ccc(S(=O)(=O)N2C=CNC(=O)[C@H]2CC(=O)NC2CCCc3nc(CCN4CCCCC4)ncc32)cc1. The van der Waals surface area contributed by atoms with E-state index in [4.69, 9.17) is 4.98 Å². The van der Waals surface area contributed by atoms with Crippen molar-refractivity contribution in [1.29, 1.82) is 0 Å². The van der Waals surface area contributed by atoms with Crippen molar-refractivity contribution in [3.05, 3.63) is 65.5 Å². The van der Waals surface area contributed by atoms with Gasteiger partial charge in [-0.15, -0.1) is 0 Å². The van der Waals surface area contributed by atoms with Gasteiger partial charge < -0.3 is 15.5 Å². The van der Waals surface area contributed by atoms with E-state index in [9.17, 15) is 18.0 Å². The fourth-order valence-electron chi connectivity index (χ4n) is 5.50. The van der Waals surface area contributed by atoms with E-state index >= 15 is 0 Å². The van der Waals surface area contributed by atoms with Gasteiger partial charge in [-0.1, -0.05) is 24.1 Å². The fourth-order valence-corrected chi connectivity index (χ4v) is 6.95. The number of hydrogen-bond donors (Lipinski definition) is 2. The van der Waals surface area contributed by atoms with Crippen molar-refractivity contribution in [2.45, 2.75) is 75.3 Å². The van der Waals surface area contributed by atoms with Crippen LogP contribution in [0.2, 0.25) is 0 Å². The molecular formula is C28H36N6O4S. The van der Waals surface area contributed by atoms with E-state index in [1.54, 1.807) is 12.1 Å². The van der Waals surface area contributed by atoms with Crippen LogP contribution in [0.1, 0.15) is 67.2 Å². The van der Waals surface area contributed by atoms with E-state index < -0.39 is 27.9 Å². The second-order valence-electron chi connectivity index (χ2n) is 10.5. The van der Waals surface area contributed by atoms with Gasteiger partial charge in [0.2, 0.25) is 11.8 Å². The number of rotatable bonds is 8. The quantitative estimate of drug-likeness (QED) is 0.515. The van der Waals surface area contributed by atoms with Gasteiger partial charge in [-0.05, 0) is 64.3 Å². The number of nitrogens with one attached hydrogen (secondary N) is 2. The average molecular weight is 553 g/mol. The zero-order valence-corrected chi connectivity index (χ0v) is 23.1. The summed E-state index contributed by atoms with van der Waals surface area (Å²) in [6.45, 7) is 5.09. The number of hydrogen-bond acceptors (Lipinski definition) is 7. The lowest BCUT2D eigenvalue weighted by atomic mass is 9.92. The largest absolute Gasteiger partial charge is 0.349 e. The van der Waals surface area contributed by atoms with Gasteiger partial charge in [0, 0.05) is 42.8 Å². The number of nitrogens with zero attached hydrogens (tertiary/aromatic N) is 4. The smallest absolute Gasteiger partial charge is 0.264 e. The van der Waals surface area contributed by atoms with Crippen LogP contribution in [0, 0.1) is 6.92 Å². The molecule has 2 aromatic rings.